The van der Waals surface area contributed by atoms with Gasteiger partial charge in [-0.1, -0.05) is 13.8 Å². The van der Waals surface area contributed by atoms with Crippen molar-refractivity contribution in [3.05, 3.63) is 0 Å². The van der Waals surface area contributed by atoms with Crippen molar-refractivity contribution in [1.82, 2.24) is 10.2 Å². The number of hydrogen-bond acceptors (Lipinski definition) is 3. The Balaban J connectivity index is 2.47. The number of rotatable bonds is 3. The summed E-state index contributed by atoms with van der Waals surface area (Å²) in [6, 6.07) is 0.285. The lowest BCUT2D eigenvalue weighted by Gasteiger charge is -2.34. The molecule has 0 bridgehead atoms. The number of piperazine rings is 1. The Bertz CT molecular complexity index is 182. The van der Waals surface area contributed by atoms with Gasteiger partial charge >= 0.3 is 0 Å². The lowest BCUT2D eigenvalue weighted by atomic mass is 10.0. The molecular formula is C9H19N3O. The van der Waals surface area contributed by atoms with Crippen molar-refractivity contribution in [2.24, 2.45) is 11.7 Å². The molecule has 1 fully saturated rings. The van der Waals surface area contributed by atoms with Crippen LogP contribution in [-0.2, 0) is 4.79 Å². The second kappa shape index (κ2) is 4.58. The lowest BCUT2D eigenvalue weighted by molar-refractivity contribution is -0.126. The van der Waals surface area contributed by atoms with Crippen molar-refractivity contribution in [2.75, 3.05) is 26.2 Å². The Morgan fingerprint density at radius 2 is 2.38 bits per heavy atom. The molecule has 0 aromatic rings. The second-order valence-electron chi connectivity index (χ2n) is 3.94. The average molecular weight is 185 g/mol. The van der Waals surface area contributed by atoms with Crippen LogP contribution in [0.5, 0.6) is 0 Å². The van der Waals surface area contributed by atoms with Crippen molar-refractivity contribution in [2.45, 2.75) is 19.9 Å². The molecule has 1 aliphatic rings. The SMILES string of the molecule is CC(C)C1CN(CCN)CC(=O)N1. The molecule has 0 aromatic heterocycles. The zero-order chi connectivity index (χ0) is 9.84. The number of nitrogens with one attached hydrogen (secondary N) is 1. The largest absolute Gasteiger partial charge is 0.351 e. The van der Waals surface area contributed by atoms with E-state index in [2.05, 4.69) is 24.1 Å². The summed E-state index contributed by atoms with van der Waals surface area (Å²) in [5.74, 6) is 0.614. The number of amides is 1. The Morgan fingerprint density at radius 1 is 1.69 bits per heavy atom. The van der Waals surface area contributed by atoms with E-state index < -0.39 is 0 Å². The Hall–Kier alpha value is -0.610. The highest BCUT2D eigenvalue weighted by Gasteiger charge is 2.25. The van der Waals surface area contributed by atoms with Crippen LogP contribution < -0.4 is 11.1 Å². The highest BCUT2D eigenvalue weighted by atomic mass is 16.2. The van der Waals surface area contributed by atoms with Crippen LogP contribution in [0.25, 0.3) is 0 Å². The van der Waals surface area contributed by atoms with Gasteiger partial charge in [0.15, 0.2) is 0 Å². The van der Waals surface area contributed by atoms with E-state index in [1.54, 1.807) is 0 Å². The maximum Gasteiger partial charge on any atom is 0.234 e. The van der Waals surface area contributed by atoms with Crippen molar-refractivity contribution >= 4 is 5.91 Å². The predicted molar refractivity (Wildman–Crippen MR) is 52.3 cm³/mol. The molecule has 0 radical (unpaired) electrons. The van der Waals surface area contributed by atoms with Gasteiger partial charge in [0.2, 0.25) is 5.91 Å². The lowest BCUT2D eigenvalue weighted by Crippen LogP contribution is -2.56. The van der Waals surface area contributed by atoms with E-state index >= 15 is 0 Å². The van der Waals surface area contributed by atoms with Crippen molar-refractivity contribution in [3.63, 3.8) is 0 Å². The van der Waals surface area contributed by atoms with Gasteiger partial charge in [0.05, 0.1) is 6.54 Å². The quantitative estimate of drug-likeness (QED) is 0.617. The first-order chi connectivity index (χ1) is 6.13. The van der Waals surface area contributed by atoms with Gasteiger partial charge < -0.3 is 11.1 Å². The molecule has 0 saturated carbocycles. The van der Waals surface area contributed by atoms with Crippen molar-refractivity contribution in [3.8, 4) is 0 Å². The van der Waals surface area contributed by atoms with Gasteiger partial charge in [-0.15, -0.1) is 0 Å². The van der Waals surface area contributed by atoms with Gasteiger partial charge in [0, 0.05) is 25.7 Å². The molecule has 76 valence electrons. The maximum absolute atomic E-state index is 11.3. The zero-order valence-corrected chi connectivity index (χ0v) is 8.42. The molecule has 4 nitrogen and oxygen atoms in total. The fourth-order valence-electron chi connectivity index (χ4n) is 1.57. The summed E-state index contributed by atoms with van der Waals surface area (Å²) in [6.45, 7) is 7.11. The van der Waals surface area contributed by atoms with Gasteiger partial charge in [0.1, 0.15) is 0 Å². The fourth-order valence-corrected chi connectivity index (χ4v) is 1.57. The molecule has 1 saturated heterocycles. The Morgan fingerprint density at radius 3 is 2.92 bits per heavy atom. The predicted octanol–water partition coefficient (Wildman–Crippen LogP) is -0.598. The van der Waals surface area contributed by atoms with Crippen molar-refractivity contribution < 1.29 is 4.79 Å². The highest BCUT2D eigenvalue weighted by molar-refractivity contribution is 5.79. The number of carbonyl (C=O) groups excluding carboxylic acids is 1. The minimum atomic E-state index is 0.124. The maximum atomic E-state index is 11.3. The Labute approximate surface area is 79.5 Å². The molecule has 13 heavy (non-hydrogen) atoms. The van der Waals surface area contributed by atoms with E-state index in [0.29, 0.717) is 19.0 Å². The molecule has 0 aromatic carbocycles. The highest BCUT2D eigenvalue weighted by Crippen LogP contribution is 2.07. The monoisotopic (exact) mass is 185 g/mol. The van der Waals surface area contributed by atoms with Crippen LogP contribution in [-0.4, -0.2) is 43.0 Å². The smallest absolute Gasteiger partial charge is 0.234 e. The fraction of sp³-hybridized carbons (Fsp3) is 0.889. The van der Waals surface area contributed by atoms with Crippen LogP contribution in [0, 0.1) is 5.92 Å². The summed E-state index contributed by atoms with van der Waals surface area (Å²) < 4.78 is 0. The second-order valence-corrected chi connectivity index (χ2v) is 3.94. The summed E-state index contributed by atoms with van der Waals surface area (Å²) in [6.07, 6.45) is 0. The molecule has 0 aliphatic carbocycles. The molecule has 0 spiro atoms. The minimum absolute atomic E-state index is 0.124. The van der Waals surface area contributed by atoms with Crippen molar-refractivity contribution in [1.29, 1.82) is 0 Å². The molecule has 1 rings (SSSR count). The molecule has 1 amide bonds. The van der Waals surface area contributed by atoms with Gasteiger partial charge in [-0.05, 0) is 5.92 Å². The summed E-state index contributed by atoms with van der Waals surface area (Å²) in [5, 5.41) is 2.98. The summed E-state index contributed by atoms with van der Waals surface area (Å²) in [5.41, 5.74) is 5.45. The third-order valence-corrected chi connectivity index (χ3v) is 2.42. The molecule has 1 unspecified atom stereocenters. The third kappa shape index (κ3) is 2.97. The van der Waals surface area contributed by atoms with Crippen LogP contribution in [0.2, 0.25) is 0 Å². The van der Waals surface area contributed by atoms with Crippen LogP contribution in [0.4, 0.5) is 0 Å². The van der Waals surface area contributed by atoms with Crippen LogP contribution in [0.1, 0.15) is 13.8 Å². The van der Waals surface area contributed by atoms with E-state index in [1.807, 2.05) is 0 Å². The number of carbonyl (C=O) groups is 1. The van der Waals surface area contributed by atoms with Gasteiger partial charge in [-0.2, -0.15) is 0 Å². The molecular weight excluding hydrogens is 166 g/mol. The zero-order valence-electron chi connectivity index (χ0n) is 8.42. The van der Waals surface area contributed by atoms with E-state index in [9.17, 15) is 4.79 Å². The first-order valence-electron chi connectivity index (χ1n) is 4.85. The van der Waals surface area contributed by atoms with E-state index in [0.717, 1.165) is 13.1 Å². The first-order valence-corrected chi connectivity index (χ1v) is 4.85. The number of nitrogens with zero attached hydrogens (tertiary/aromatic N) is 1. The van der Waals surface area contributed by atoms with E-state index in [-0.39, 0.29) is 11.9 Å². The molecule has 1 aliphatic heterocycles. The molecule has 1 atom stereocenters. The Kier molecular flexibility index (Phi) is 3.69. The average Bonchev–Trinajstić information content (AvgIpc) is 2.03. The van der Waals surface area contributed by atoms with Gasteiger partial charge in [-0.3, -0.25) is 9.69 Å². The molecule has 4 heteroatoms. The van der Waals surface area contributed by atoms with Crippen LogP contribution in [0.15, 0.2) is 0 Å². The molecule has 1 heterocycles. The van der Waals surface area contributed by atoms with Crippen LogP contribution >= 0.6 is 0 Å². The number of nitrogens with two attached hydrogens (primary N) is 1. The summed E-state index contributed by atoms with van der Waals surface area (Å²) in [7, 11) is 0. The van der Waals surface area contributed by atoms with E-state index in [4.69, 9.17) is 5.73 Å². The van der Waals surface area contributed by atoms with Crippen LogP contribution in [0.3, 0.4) is 0 Å². The van der Waals surface area contributed by atoms with E-state index in [1.165, 1.54) is 0 Å². The summed E-state index contributed by atoms with van der Waals surface area (Å²) in [4.78, 5) is 13.4. The minimum Gasteiger partial charge on any atom is -0.351 e. The number of hydrogen-bond donors (Lipinski definition) is 2. The topological polar surface area (TPSA) is 58.4 Å². The normalized spacial score (nSPS) is 24.9. The molecule has 3 N–H and O–H groups in total. The first kappa shape index (κ1) is 10.5. The standard InChI is InChI=1S/C9H19N3O/c1-7(2)8-5-12(4-3-10)6-9(13)11-8/h7-8H,3-6,10H2,1-2H3,(H,11,13). The summed E-state index contributed by atoms with van der Waals surface area (Å²) >= 11 is 0. The third-order valence-electron chi connectivity index (χ3n) is 2.42. The van der Waals surface area contributed by atoms with Gasteiger partial charge in [0.25, 0.3) is 0 Å². The van der Waals surface area contributed by atoms with Gasteiger partial charge in [-0.25, -0.2) is 0 Å².